The van der Waals surface area contributed by atoms with Gasteiger partial charge in [-0.3, -0.25) is 0 Å². The van der Waals surface area contributed by atoms with Crippen molar-refractivity contribution in [3.05, 3.63) is 24.3 Å². The largest absolute Gasteiger partial charge is 0.382 e. The zero-order chi connectivity index (χ0) is 13.8. The predicted molar refractivity (Wildman–Crippen MR) is 66.4 cm³/mol. The molecule has 1 atom stereocenters. The minimum absolute atomic E-state index is 0.154. The molecule has 0 saturated heterocycles. The highest BCUT2D eigenvalue weighted by atomic mass is 32.2. The van der Waals surface area contributed by atoms with E-state index in [1.165, 1.54) is 12.1 Å². The third-order valence-corrected chi connectivity index (χ3v) is 3.95. The Kier molecular flexibility index (Phi) is 5.03. The number of nitrogens with two attached hydrogens (primary N) is 1. The average molecular weight is 278 g/mol. The number of benzene rings is 1. The monoisotopic (exact) mass is 278 g/mol. The van der Waals surface area contributed by atoms with Gasteiger partial charge in [0.1, 0.15) is 0 Å². The van der Waals surface area contributed by atoms with Crippen LogP contribution in [-0.2, 0) is 9.84 Å². The summed E-state index contributed by atoms with van der Waals surface area (Å²) in [4.78, 5) is -0.400. The molecular formula is C11H16F2N2O2S. The van der Waals surface area contributed by atoms with Crippen LogP contribution in [0.15, 0.2) is 29.2 Å². The predicted octanol–water partition coefficient (Wildman–Crippen LogP) is 1.83. The minimum Gasteiger partial charge on any atom is -0.382 e. The van der Waals surface area contributed by atoms with E-state index in [9.17, 15) is 17.2 Å². The summed E-state index contributed by atoms with van der Waals surface area (Å²) in [6, 6.07) is 5.41. The van der Waals surface area contributed by atoms with Gasteiger partial charge in [0.05, 0.1) is 10.6 Å². The number of alkyl halides is 2. The van der Waals surface area contributed by atoms with Crippen LogP contribution in [0.5, 0.6) is 0 Å². The van der Waals surface area contributed by atoms with Gasteiger partial charge in [-0.25, -0.2) is 8.42 Å². The molecule has 0 aliphatic heterocycles. The van der Waals surface area contributed by atoms with Crippen molar-refractivity contribution in [3.63, 3.8) is 0 Å². The maximum absolute atomic E-state index is 12.5. The fourth-order valence-electron chi connectivity index (χ4n) is 1.34. The number of hydrogen-bond acceptors (Lipinski definition) is 4. The van der Waals surface area contributed by atoms with Gasteiger partial charge < -0.3 is 11.1 Å². The number of hydrogen-bond donors (Lipinski definition) is 2. The Balaban J connectivity index is 3.01. The molecule has 0 saturated carbocycles. The number of rotatable bonds is 6. The normalized spacial score (nSPS) is 13.6. The van der Waals surface area contributed by atoms with Crippen molar-refractivity contribution >= 4 is 15.5 Å². The van der Waals surface area contributed by atoms with Crippen LogP contribution in [0.2, 0.25) is 0 Å². The smallest absolute Gasteiger partial charge is 0.341 e. The van der Waals surface area contributed by atoms with Gasteiger partial charge in [-0.1, -0.05) is 19.1 Å². The van der Waals surface area contributed by atoms with E-state index in [2.05, 4.69) is 5.32 Å². The standard InChI is InChI=1S/C11H16F2N2O2S/c1-2-8(14)7-15-9-5-3-4-6-10(9)18(16,17)11(12)13/h3-6,8,11,15H,2,7,14H2,1H3. The molecule has 0 spiro atoms. The van der Waals surface area contributed by atoms with E-state index >= 15 is 0 Å². The van der Waals surface area contributed by atoms with Crippen molar-refractivity contribution in [2.24, 2.45) is 5.73 Å². The van der Waals surface area contributed by atoms with Gasteiger partial charge in [-0.15, -0.1) is 0 Å². The van der Waals surface area contributed by atoms with Gasteiger partial charge in [-0.2, -0.15) is 8.78 Å². The second-order valence-electron chi connectivity index (χ2n) is 3.85. The molecule has 1 aromatic carbocycles. The number of para-hydroxylation sites is 1. The Morgan fingerprint density at radius 1 is 1.33 bits per heavy atom. The van der Waals surface area contributed by atoms with E-state index in [4.69, 9.17) is 5.73 Å². The van der Waals surface area contributed by atoms with Crippen molar-refractivity contribution in [2.45, 2.75) is 30.0 Å². The quantitative estimate of drug-likeness (QED) is 0.832. The van der Waals surface area contributed by atoms with Gasteiger partial charge in [0.15, 0.2) is 0 Å². The van der Waals surface area contributed by atoms with Gasteiger partial charge in [0.2, 0.25) is 9.84 Å². The molecule has 0 radical (unpaired) electrons. The van der Waals surface area contributed by atoms with Crippen molar-refractivity contribution in [1.29, 1.82) is 0 Å². The Bertz CT molecular complexity index is 492. The highest BCUT2D eigenvalue weighted by molar-refractivity contribution is 7.91. The van der Waals surface area contributed by atoms with Gasteiger partial charge in [0, 0.05) is 12.6 Å². The molecule has 0 aliphatic rings. The molecule has 1 rings (SSSR count). The van der Waals surface area contributed by atoms with E-state index in [-0.39, 0.29) is 11.7 Å². The summed E-state index contributed by atoms with van der Waals surface area (Å²) in [5, 5.41) is 2.79. The number of anilines is 1. The lowest BCUT2D eigenvalue weighted by Crippen LogP contribution is -2.28. The van der Waals surface area contributed by atoms with Gasteiger partial charge >= 0.3 is 5.76 Å². The summed E-state index contributed by atoms with van der Waals surface area (Å²) < 4.78 is 47.9. The lowest BCUT2D eigenvalue weighted by Gasteiger charge is -2.14. The summed E-state index contributed by atoms with van der Waals surface area (Å²) in [7, 11) is -4.60. The second kappa shape index (κ2) is 6.10. The van der Waals surface area contributed by atoms with Gasteiger partial charge in [0.25, 0.3) is 0 Å². The molecule has 1 unspecified atom stereocenters. The zero-order valence-electron chi connectivity index (χ0n) is 9.94. The van der Waals surface area contributed by atoms with Gasteiger partial charge in [-0.05, 0) is 18.6 Å². The van der Waals surface area contributed by atoms with Crippen LogP contribution < -0.4 is 11.1 Å². The third kappa shape index (κ3) is 3.39. The van der Waals surface area contributed by atoms with E-state index in [0.29, 0.717) is 13.0 Å². The lowest BCUT2D eigenvalue weighted by atomic mass is 10.2. The molecule has 4 nitrogen and oxygen atoms in total. The van der Waals surface area contributed by atoms with Crippen LogP contribution in [-0.4, -0.2) is 26.8 Å². The molecule has 0 bridgehead atoms. The molecule has 0 fully saturated rings. The summed E-state index contributed by atoms with van der Waals surface area (Å²) in [5.74, 6) is -3.43. The topological polar surface area (TPSA) is 72.2 Å². The summed E-state index contributed by atoms with van der Waals surface area (Å²) in [6.07, 6.45) is 0.705. The molecule has 0 heterocycles. The number of sulfone groups is 1. The first-order valence-corrected chi connectivity index (χ1v) is 7.04. The third-order valence-electron chi connectivity index (χ3n) is 2.51. The first-order chi connectivity index (χ1) is 8.39. The number of halogens is 2. The maximum atomic E-state index is 12.5. The van der Waals surface area contributed by atoms with Crippen molar-refractivity contribution in [2.75, 3.05) is 11.9 Å². The van der Waals surface area contributed by atoms with Crippen LogP contribution in [0.1, 0.15) is 13.3 Å². The fraction of sp³-hybridized carbons (Fsp3) is 0.455. The fourth-order valence-corrected chi connectivity index (χ4v) is 2.25. The Labute approximate surface area is 105 Å². The Hall–Kier alpha value is -1.21. The molecule has 18 heavy (non-hydrogen) atoms. The van der Waals surface area contributed by atoms with E-state index in [1.807, 2.05) is 6.92 Å². The molecule has 1 aromatic rings. The van der Waals surface area contributed by atoms with Crippen molar-refractivity contribution in [1.82, 2.24) is 0 Å². The zero-order valence-corrected chi connectivity index (χ0v) is 10.8. The second-order valence-corrected chi connectivity index (χ2v) is 5.74. The lowest BCUT2D eigenvalue weighted by molar-refractivity contribution is 0.235. The molecular weight excluding hydrogens is 262 g/mol. The van der Waals surface area contributed by atoms with E-state index in [0.717, 1.165) is 6.07 Å². The molecule has 0 aliphatic carbocycles. The summed E-state index contributed by atoms with van der Waals surface area (Å²) in [5.41, 5.74) is 5.83. The number of nitrogens with one attached hydrogen (secondary N) is 1. The highest BCUT2D eigenvalue weighted by Crippen LogP contribution is 2.25. The summed E-state index contributed by atoms with van der Waals surface area (Å²) in [6.45, 7) is 2.21. The van der Waals surface area contributed by atoms with Crippen LogP contribution in [0.3, 0.4) is 0 Å². The van der Waals surface area contributed by atoms with Crippen LogP contribution in [0, 0.1) is 0 Å². The molecule has 102 valence electrons. The summed E-state index contributed by atoms with van der Waals surface area (Å²) >= 11 is 0. The first kappa shape index (κ1) is 14.8. The SMILES string of the molecule is CCC(N)CNc1ccccc1S(=O)(=O)C(F)F. The molecule has 0 amide bonds. The van der Waals surface area contributed by atoms with Crippen molar-refractivity contribution in [3.8, 4) is 0 Å². The van der Waals surface area contributed by atoms with Crippen LogP contribution in [0.4, 0.5) is 14.5 Å². The van der Waals surface area contributed by atoms with Crippen molar-refractivity contribution < 1.29 is 17.2 Å². The van der Waals surface area contributed by atoms with E-state index in [1.54, 1.807) is 6.07 Å². The maximum Gasteiger partial charge on any atom is 0.341 e. The first-order valence-electron chi connectivity index (χ1n) is 5.50. The molecule has 0 aromatic heterocycles. The van der Waals surface area contributed by atoms with Crippen LogP contribution in [0.25, 0.3) is 0 Å². The minimum atomic E-state index is -4.60. The van der Waals surface area contributed by atoms with Crippen LogP contribution >= 0.6 is 0 Å². The average Bonchev–Trinajstić information content (AvgIpc) is 2.35. The Morgan fingerprint density at radius 2 is 1.94 bits per heavy atom. The molecule has 3 N–H and O–H groups in total. The van der Waals surface area contributed by atoms with E-state index < -0.39 is 20.5 Å². The Morgan fingerprint density at radius 3 is 2.50 bits per heavy atom. The highest BCUT2D eigenvalue weighted by Gasteiger charge is 2.28. The molecule has 7 heteroatoms.